The largest absolute Gasteiger partial charge is 0.490 e. The lowest BCUT2D eigenvalue weighted by Gasteiger charge is -2.33. The fraction of sp³-hybridized carbons (Fsp3) is 0.500. The summed E-state index contributed by atoms with van der Waals surface area (Å²) in [6, 6.07) is 7.98. The molecule has 0 radical (unpaired) electrons. The number of rotatable bonds is 4. The normalized spacial score (nSPS) is 21.4. The van der Waals surface area contributed by atoms with Gasteiger partial charge in [-0.05, 0) is 62.8 Å². The number of hydrogen-bond acceptors (Lipinski definition) is 3. The molecule has 1 aliphatic heterocycles. The molecule has 1 aromatic heterocycles. The summed E-state index contributed by atoms with van der Waals surface area (Å²) in [4.78, 5) is 18.9. The smallest absolute Gasteiger partial charge is 0.253 e. The topological polar surface area (TPSA) is 47.4 Å². The van der Waals surface area contributed by atoms with Crippen LogP contribution in [0.5, 0.6) is 5.75 Å². The van der Waals surface area contributed by atoms with E-state index in [-0.39, 0.29) is 5.91 Å². The van der Waals surface area contributed by atoms with Crippen molar-refractivity contribution in [2.24, 2.45) is 0 Å². The van der Waals surface area contributed by atoms with Crippen LogP contribution in [0.15, 0.2) is 43.0 Å². The maximum Gasteiger partial charge on any atom is 0.253 e. The average molecular weight is 339 g/mol. The first-order valence-corrected chi connectivity index (χ1v) is 9.33. The van der Waals surface area contributed by atoms with Crippen molar-refractivity contribution in [3.8, 4) is 5.75 Å². The number of amides is 1. The van der Waals surface area contributed by atoms with Crippen molar-refractivity contribution in [2.75, 3.05) is 13.1 Å². The van der Waals surface area contributed by atoms with Gasteiger partial charge in [0.2, 0.25) is 0 Å². The van der Waals surface area contributed by atoms with Crippen LogP contribution in [0, 0.1) is 0 Å². The van der Waals surface area contributed by atoms with Crippen LogP contribution in [-0.2, 0) is 0 Å². The molecule has 2 aliphatic rings. The van der Waals surface area contributed by atoms with Gasteiger partial charge in [-0.1, -0.05) is 0 Å². The molecule has 5 heteroatoms. The number of carbonyl (C=O) groups excluding carboxylic acids is 1. The van der Waals surface area contributed by atoms with Gasteiger partial charge in [0.15, 0.2) is 0 Å². The van der Waals surface area contributed by atoms with Crippen LogP contribution in [0.2, 0.25) is 0 Å². The average Bonchev–Trinajstić information content (AvgIpc) is 3.36. The van der Waals surface area contributed by atoms with Crippen LogP contribution < -0.4 is 4.74 Å². The van der Waals surface area contributed by atoms with Gasteiger partial charge in [-0.2, -0.15) is 0 Å². The first-order chi connectivity index (χ1) is 12.3. The van der Waals surface area contributed by atoms with Crippen LogP contribution >= 0.6 is 0 Å². The molecule has 1 amide bonds. The number of aromatic nitrogens is 2. The van der Waals surface area contributed by atoms with Crippen molar-refractivity contribution in [3.05, 3.63) is 48.5 Å². The molecule has 25 heavy (non-hydrogen) atoms. The van der Waals surface area contributed by atoms with Gasteiger partial charge in [-0.15, -0.1) is 0 Å². The Labute approximate surface area is 148 Å². The molecule has 132 valence electrons. The fourth-order valence-corrected chi connectivity index (χ4v) is 3.93. The highest BCUT2D eigenvalue weighted by atomic mass is 16.5. The van der Waals surface area contributed by atoms with E-state index in [4.69, 9.17) is 4.74 Å². The minimum atomic E-state index is 0.109. The van der Waals surface area contributed by atoms with Crippen molar-refractivity contribution in [2.45, 2.75) is 50.7 Å². The molecular formula is C20H25N3O2. The third-order valence-corrected chi connectivity index (χ3v) is 5.34. The van der Waals surface area contributed by atoms with Crippen LogP contribution in [0.25, 0.3) is 0 Å². The van der Waals surface area contributed by atoms with Gasteiger partial charge in [-0.3, -0.25) is 4.79 Å². The number of nitrogens with zero attached hydrogens (tertiary/aromatic N) is 3. The van der Waals surface area contributed by atoms with E-state index < -0.39 is 0 Å². The number of imidazole rings is 1. The van der Waals surface area contributed by atoms with E-state index in [0.29, 0.717) is 12.1 Å². The minimum Gasteiger partial charge on any atom is -0.490 e. The van der Waals surface area contributed by atoms with Gasteiger partial charge in [0.1, 0.15) is 5.75 Å². The van der Waals surface area contributed by atoms with Crippen molar-refractivity contribution >= 4 is 5.91 Å². The van der Waals surface area contributed by atoms with Crippen LogP contribution in [-0.4, -0.2) is 39.6 Å². The first kappa shape index (κ1) is 16.2. The van der Waals surface area contributed by atoms with Crippen molar-refractivity contribution < 1.29 is 9.53 Å². The molecule has 2 aromatic rings. The van der Waals surface area contributed by atoms with Crippen LogP contribution in [0.1, 0.15) is 54.9 Å². The van der Waals surface area contributed by atoms with E-state index in [9.17, 15) is 4.79 Å². The molecule has 1 saturated heterocycles. The number of piperidine rings is 1. The highest BCUT2D eigenvalue weighted by Crippen LogP contribution is 2.26. The van der Waals surface area contributed by atoms with Gasteiger partial charge in [0, 0.05) is 31.0 Å². The quantitative estimate of drug-likeness (QED) is 0.854. The summed E-state index contributed by atoms with van der Waals surface area (Å²) in [7, 11) is 0. The zero-order valence-corrected chi connectivity index (χ0v) is 14.5. The molecule has 2 heterocycles. The monoisotopic (exact) mass is 339 g/mol. The summed E-state index contributed by atoms with van der Waals surface area (Å²) >= 11 is 0. The first-order valence-electron chi connectivity index (χ1n) is 9.33. The molecule has 0 N–H and O–H groups in total. The molecule has 1 aromatic carbocycles. The predicted molar refractivity (Wildman–Crippen MR) is 95.7 cm³/mol. The summed E-state index contributed by atoms with van der Waals surface area (Å²) in [5.41, 5.74) is 0.741. The molecule has 0 spiro atoms. The van der Waals surface area contributed by atoms with Gasteiger partial charge >= 0.3 is 0 Å². The van der Waals surface area contributed by atoms with Gasteiger partial charge in [0.05, 0.1) is 18.5 Å². The summed E-state index contributed by atoms with van der Waals surface area (Å²) in [6.07, 6.45) is 12.9. The highest BCUT2D eigenvalue weighted by molar-refractivity contribution is 5.94. The van der Waals surface area contributed by atoms with E-state index in [1.807, 2.05) is 41.7 Å². The third kappa shape index (κ3) is 3.70. The Morgan fingerprint density at radius 1 is 1.08 bits per heavy atom. The summed E-state index contributed by atoms with van der Waals surface area (Å²) in [5.74, 6) is 0.982. The molecule has 1 aliphatic carbocycles. The van der Waals surface area contributed by atoms with E-state index in [2.05, 4.69) is 9.55 Å². The molecule has 2 fully saturated rings. The summed E-state index contributed by atoms with van der Waals surface area (Å²) in [5, 5.41) is 0. The highest BCUT2D eigenvalue weighted by Gasteiger charge is 2.25. The minimum absolute atomic E-state index is 0.109. The Morgan fingerprint density at radius 3 is 2.60 bits per heavy atom. The van der Waals surface area contributed by atoms with Gasteiger partial charge < -0.3 is 14.2 Å². The van der Waals surface area contributed by atoms with Crippen molar-refractivity contribution in [3.63, 3.8) is 0 Å². The Morgan fingerprint density at radius 2 is 1.88 bits per heavy atom. The van der Waals surface area contributed by atoms with Crippen LogP contribution in [0.4, 0.5) is 0 Å². The fourth-order valence-electron chi connectivity index (χ4n) is 3.93. The Hall–Kier alpha value is -2.30. The van der Waals surface area contributed by atoms with Crippen molar-refractivity contribution in [1.29, 1.82) is 0 Å². The summed E-state index contributed by atoms with van der Waals surface area (Å²) < 4.78 is 8.10. The van der Waals surface area contributed by atoms with E-state index in [1.165, 1.54) is 12.8 Å². The lowest BCUT2D eigenvalue weighted by Crippen LogP contribution is -2.40. The van der Waals surface area contributed by atoms with E-state index >= 15 is 0 Å². The maximum atomic E-state index is 12.8. The predicted octanol–water partition coefficient (Wildman–Crippen LogP) is 3.68. The number of likely N-dealkylation sites (tertiary alicyclic amines) is 1. The lowest BCUT2D eigenvalue weighted by molar-refractivity contribution is 0.0679. The van der Waals surface area contributed by atoms with Crippen LogP contribution in [0.3, 0.4) is 0 Å². The number of benzene rings is 1. The lowest BCUT2D eigenvalue weighted by atomic mass is 10.0. The molecule has 0 bridgehead atoms. The molecule has 1 saturated carbocycles. The van der Waals surface area contributed by atoms with E-state index in [0.717, 1.165) is 50.1 Å². The van der Waals surface area contributed by atoms with Crippen molar-refractivity contribution in [1.82, 2.24) is 14.5 Å². The van der Waals surface area contributed by atoms with Gasteiger partial charge in [0.25, 0.3) is 5.91 Å². The SMILES string of the molecule is O=C(c1ccc(OC2CCCC2)cc1)N1CCC[C@@H](n2ccnc2)C1. The summed E-state index contributed by atoms with van der Waals surface area (Å²) in [6.45, 7) is 1.57. The molecule has 5 nitrogen and oxygen atoms in total. The van der Waals surface area contributed by atoms with E-state index in [1.54, 1.807) is 6.20 Å². The Bertz CT molecular complexity index is 690. The number of carbonyl (C=O) groups is 1. The molecular weight excluding hydrogens is 314 g/mol. The Balaban J connectivity index is 1.39. The van der Waals surface area contributed by atoms with Gasteiger partial charge in [-0.25, -0.2) is 4.98 Å². The second-order valence-corrected chi connectivity index (χ2v) is 7.11. The maximum absolute atomic E-state index is 12.8. The molecule has 4 rings (SSSR count). The Kier molecular flexibility index (Phi) is 4.72. The second-order valence-electron chi connectivity index (χ2n) is 7.11. The number of ether oxygens (including phenoxy) is 1. The molecule has 1 atom stereocenters. The third-order valence-electron chi connectivity index (χ3n) is 5.34. The molecule has 0 unspecified atom stereocenters. The number of hydrogen-bond donors (Lipinski definition) is 0. The zero-order valence-electron chi connectivity index (χ0n) is 14.5. The standard InChI is InChI=1S/C20H25N3O2/c24-20(22-12-3-4-17(14-22)23-13-11-21-15-23)16-7-9-19(10-8-16)25-18-5-1-2-6-18/h7-11,13,15,17-18H,1-6,12,14H2/t17-/m1/s1. The zero-order chi connectivity index (χ0) is 17.1. The second kappa shape index (κ2) is 7.30.